The Morgan fingerprint density at radius 2 is 2.15 bits per heavy atom. The molecule has 13 heavy (non-hydrogen) atoms. The lowest BCUT2D eigenvalue weighted by atomic mass is 10.2. The molecule has 0 unspecified atom stereocenters. The first kappa shape index (κ1) is 10.7. The van der Waals surface area contributed by atoms with Crippen molar-refractivity contribution in [1.82, 2.24) is 0 Å². The van der Waals surface area contributed by atoms with E-state index in [0.29, 0.717) is 16.0 Å². The van der Waals surface area contributed by atoms with Crippen LogP contribution in [0.3, 0.4) is 0 Å². The molecule has 1 N–H and O–H groups in total. The molecule has 0 saturated carbocycles. The summed E-state index contributed by atoms with van der Waals surface area (Å²) < 4.78 is 0. The fourth-order valence-corrected chi connectivity index (χ4v) is 1.84. The number of phenolic OH excluding ortho intramolecular Hbond substituents is 1. The van der Waals surface area contributed by atoms with Crippen molar-refractivity contribution in [3.05, 3.63) is 28.8 Å². The molecule has 1 aromatic carbocycles. The van der Waals surface area contributed by atoms with Crippen LogP contribution in [0.2, 0.25) is 5.02 Å². The van der Waals surface area contributed by atoms with Crippen molar-refractivity contribution in [3.63, 3.8) is 0 Å². The van der Waals surface area contributed by atoms with Crippen LogP contribution in [-0.4, -0.2) is 10.4 Å². The Kier molecular flexibility index (Phi) is 3.94. The van der Waals surface area contributed by atoms with E-state index < -0.39 is 0 Å². The summed E-state index contributed by atoms with van der Waals surface area (Å²) in [5, 5.41) is 10.7. The lowest BCUT2D eigenvalue weighted by Gasteiger charge is -2.06. The monoisotopic (exact) mass is 216 g/mol. The summed E-state index contributed by atoms with van der Waals surface area (Å²) in [7, 11) is 0. The summed E-state index contributed by atoms with van der Waals surface area (Å²) in [5.74, 6) is 1.13. The lowest BCUT2D eigenvalue weighted by molar-refractivity contribution is 0.470. The van der Waals surface area contributed by atoms with E-state index >= 15 is 0 Å². The van der Waals surface area contributed by atoms with Gasteiger partial charge in [-0.2, -0.15) is 11.8 Å². The molecule has 0 fully saturated rings. The summed E-state index contributed by atoms with van der Waals surface area (Å²) in [4.78, 5) is 0. The van der Waals surface area contributed by atoms with Gasteiger partial charge in [-0.3, -0.25) is 0 Å². The average molecular weight is 217 g/mol. The minimum atomic E-state index is 0.292. The first-order chi connectivity index (χ1) is 6.09. The van der Waals surface area contributed by atoms with Crippen molar-refractivity contribution in [2.24, 2.45) is 0 Å². The maximum absolute atomic E-state index is 9.51. The normalized spacial score (nSPS) is 10.8. The zero-order valence-corrected chi connectivity index (χ0v) is 9.32. The van der Waals surface area contributed by atoms with Crippen molar-refractivity contribution in [1.29, 1.82) is 0 Å². The summed E-state index contributed by atoms with van der Waals surface area (Å²) >= 11 is 7.51. The molecular formula is C10H13ClOS. The molecular weight excluding hydrogens is 204 g/mol. The fraction of sp³-hybridized carbons (Fsp3) is 0.400. The Hall–Kier alpha value is -0.340. The molecule has 0 heterocycles. The highest BCUT2D eigenvalue weighted by molar-refractivity contribution is 7.99. The number of thioether (sulfide) groups is 1. The van der Waals surface area contributed by atoms with Gasteiger partial charge in [0.2, 0.25) is 0 Å². The number of halogens is 1. The van der Waals surface area contributed by atoms with Crippen molar-refractivity contribution in [3.8, 4) is 5.75 Å². The number of aromatic hydroxyl groups is 1. The molecule has 3 heteroatoms. The first-order valence-electron chi connectivity index (χ1n) is 4.18. The topological polar surface area (TPSA) is 20.2 Å². The maximum atomic E-state index is 9.51. The van der Waals surface area contributed by atoms with E-state index in [1.54, 1.807) is 23.9 Å². The van der Waals surface area contributed by atoms with Crippen LogP contribution < -0.4 is 0 Å². The third kappa shape index (κ3) is 3.49. The van der Waals surface area contributed by atoms with Crippen LogP contribution in [0.25, 0.3) is 0 Å². The van der Waals surface area contributed by atoms with E-state index in [1.165, 1.54) is 0 Å². The molecule has 0 atom stereocenters. The minimum absolute atomic E-state index is 0.292. The first-order valence-corrected chi connectivity index (χ1v) is 5.61. The second-order valence-corrected chi connectivity index (χ2v) is 5.13. The van der Waals surface area contributed by atoms with E-state index in [0.717, 1.165) is 11.3 Å². The lowest BCUT2D eigenvalue weighted by Crippen LogP contribution is -1.89. The van der Waals surface area contributed by atoms with Crippen LogP contribution in [0.5, 0.6) is 5.75 Å². The quantitative estimate of drug-likeness (QED) is 0.832. The van der Waals surface area contributed by atoms with Gasteiger partial charge in [0.25, 0.3) is 0 Å². The third-order valence-electron chi connectivity index (χ3n) is 1.62. The molecule has 1 aromatic rings. The Bertz CT molecular complexity index is 286. The zero-order valence-electron chi connectivity index (χ0n) is 7.75. The molecule has 0 radical (unpaired) electrons. The standard InChI is InChI=1S/C10H13ClOS/c1-7(2)13-6-8-3-4-9(11)5-10(8)12/h3-5,7,12H,6H2,1-2H3. The summed E-state index contributed by atoms with van der Waals surface area (Å²) in [6, 6.07) is 5.25. The molecule has 0 aromatic heterocycles. The minimum Gasteiger partial charge on any atom is -0.508 e. The Balaban J connectivity index is 2.67. The van der Waals surface area contributed by atoms with E-state index in [4.69, 9.17) is 11.6 Å². The van der Waals surface area contributed by atoms with Gasteiger partial charge in [-0.1, -0.05) is 31.5 Å². The van der Waals surface area contributed by atoms with E-state index in [9.17, 15) is 5.11 Å². The predicted octanol–water partition coefficient (Wildman–Crippen LogP) is 3.69. The number of phenols is 1. The molecule has 1 rings (SSSR count). The van der Waals surface area contributed by atoms with E-state index in [1.807, 2.05) is 6.07 Å². The molecule has 0 spiro atoms. The van der Waals surface area contributed by atoms with Crippen molar-refractivity contribution < 1.29 is 5.11 Å². The van der Waals surface area contributed by atoms with Gasteiger partial charge in [0.1, 0.15) is 5.75 Å². The van der Waals surface area contributed by atoms with Crippen LogP contribution in [0.1, 0.15) is 19.4 Å². The Morgan fingerprint density at radius 1 is 1.46 bits per heavy atom. The number of rotatable bonds is 3. The highest BCUT2D eigenvalue weighted by Crippen LogP contribution is 2.26. The zero-order chi connectivity index (χ0) is 9.84. The molecule has 0 amide bonds. The SMILES string of the molecule is CC(C)SCc1ccc(Cl)cc1O. The van der Waals surface area contributed by atoms with Crippen molar-refractivity contribution >= 4 is 23.4 Å². The van der Waals surface area contributed by atoms with Crippen LogP contribution in [0.4, 0.5) is 0 Å². The van der Waals surface area contributed by atoms with Crippen LogP contribution in [0.15, 0.2) is 18.2 Å². The van der Waals surface area contributed by atoms with Crippen LogP contribution >= 0.6 is 23.4 Å². The van der Waals surface area contributed by atoms with E-state index in [-0.39, 0.29) is 0 Å². The van der Waals surface area contributed by atoms with Crippen molar-refractivity contribution in [2.45, 2.75) is 24.9 Å². The third-order valence-corrected chi connectivity index (χ3v) is 3.00. The van der Waals surface area contributed by atoms with Gasteiger partial charge in [0.15, 0.2) is 0 Å². The van der Waals surface area contributed by atoms with Gasteiger partial charge < -0.3 is 5.11 Å². The molecule has 0 bridgehead atoms. The van der Waals surface area contributed by atoms with Gasteiger partial charge in [-0.15, -0.1) is 0 Å². The Labute approximate surface area is 88.1 Å². The average Bonchev–Trinajstić information content (AvgIpc) is 2.02. The van der Waals surface area contributed by atoms with E-state index in [2.05, 4.69) is 13.8 Å². The van der Waals surface area contributed by atoms with Gasteiger partial charge >= 0.3 is 0 Å². The highest BCUT2D eigenvalue weighted by atomic mass is 35.5. The summed E-state index contributed by atoms with van der Waals surface area (Å²) in [6.45, 7) is 4.27. The van der Waals surface area contributed by atoms with Crippen LogP contribution in [0, 0.1) is 0 Å². The number of benzene rings is 1. The van der Waals surface area contributed by atoms with Gasteiger partial charge in [-0.05, 0) is 17.4 Å². The van der Waals surface area contributed by atoms with Gasteiger partial charge in [-0.25, -0.2) is 0 Å². The fourth-order valence-electron chi connectivity index (χ4n) is 0.916. The Morgan fingerprint density at radius 3 is 2.69 bits per heavy atom. The maximum Gasteiger partial charge on any atom is 0.121 e. The van der Waals surface area contributed by atoms with Crippen molar-refractivity contribution in [2.75, 3.05) is 0 Å². The molecule has 1 nitrogen and oxygen atoms in total. The molecule has 0 saturated heterocycles. The predicted molar refractivity (Wildman–Crippen MR) is 59.5 cm³/mol. The van der Waals surface area contributed by atoms with Gasteiger partial charge in [0.05, 0.1) is 0 Å². The molecule has 0 aliphatic rings. The highest BCUT2D eigenvalue weighted by Gasteiger charge is 2.03. The second-order valence-electron chi connectivity index (χ2n) is 3.13. The summed E-state index contributed by atoms with van der Waals surface area (Å²) in [6.07, 6.45) is 0. The number of hydrogen-bond acceptors (Lipinski definition) is 2. The molecule has 0 aliphatic heterocycles. The molecule has 72 valence electrons. The van der Waals surface area contributed by atoms with Gasteiger partial charge in [0, 0.05) is 16.3 Å². The smallest absolute Gasteiger partial charge is 0.121 e. The van der Waals surface area contributed by atoms with Crippen LogP contribution in [-0.2, 0) is 5.75 Å². The second kappa shape index (κ2) is 4.77. The molecule has 0 aliphatic carbocycles. The largest absolute Gasteiger partial charge is 0.508 e. The summed E-state index contributed by atoms with van der Waals surface area (Å²) in [5.41, 5.74) is 0.947. The number of hydrogen-bond donors (Lipinski definition) is 1.